The predicted octanol–water partition coefficient (Wildman–Crippen LogP) is 4.46. The van der Waals surface area contributed by atoms with E-state index in [1.54, 1.807) is 4.90 Å². The van der Waals surface area contributed by atoms with Gasteiger partial charge in [-0.25, -0.2) is 4.39 Å². The number of para-hydroxylation sites is 1. The van der Waals surface area contributed by atoms with E-state index in [1.807, 2.05) is 24.3 Å². The van der Waals surface area contributed by atoms with Gasteiger partial charge in [0.2, 0.25) is 0 Å². The largest absolute Gasteiger partial charge is 0.308 e. The molecule has 0 saturated heterocycles. The first-order valence-corrected chi connectivity index (χ1v) is 7.39. The molecule has 2 aromatic carbocycles. The smallest absolute Gasteiger partial charge is 0.261 e. The van der Waals surface area contributed by atoms with Crippen molar-refractivity contribution in [2.45, 2.75) is 19.3 Å². The maximum absolute atomic E-state index is 13.9. The van der Waals surface area contributed by atoms with E-state index in [0.29, 0.717) is 11.6 Å². The second-order valence-corrected chi connectivity index (χ2v) is 5.60. The van der Waals surface area contributed by atoms with Crippen molar-refractivity contribution in [3.8, 4) is 0 Å². The van der Waals surface area contributed by atoms with Gasteiger partial charge in [0, 0.05) is 17.3 Å². The Balaban J connectivity index is 2.03. The normalized spacial score (nSPS) is 14.5. The maximum atomic E-state index is 13.9. The first-order valence-electron chi connectivity index (χ1n) is 7.01. The Hall–Kier alpha value is -1.87. The van der Waals surface area contributed by atoms with Crippen LogP contribution in [-0.4, -0.2) is 12.5 Å². The highest BCUT2D eigenvalue weighted by Gasteiger charge is 2.24. The number of benzene rings is 2. The summed E-state index contributed by atoms with van der Waals surface area (Å²) >= 11 is 5.89. The molecule has 0 atom stereocenters. The molecule has 0 fully saturated rings. The topological polar surface area (TPSA) is 20.3 Å². The number of carbonyl (C=O) groups excluding carboxylic acids is 1. The summed E-state index contributed by atoms with van der Waals surface area (Å²) in [5, 5.41) is 0.364. The Bertz CT molecular complexity index is 686. The van der Waals surface area contributed by atoms with Crippen molar-refractivity contribution in [1.29, 1.82) is 0 Å². The molecule has 3 rings (SSSR count). The van der Waals surface area contributed by atoms with Gasteiger partial charge in [0.25, 0.3) is 5.91 Å². The van der Waals surface area contributed by atoms with Gasteiger partial charge in [0.05, 0.1) is 5.56 Å². The highest BCUT2D eigenvalue weighted by molar-refractivity contribution is 6.31. The number of aryl methyl sites for hydroxylation is 1. The minimum absolute atomic E-state index is 0.0270. The lowest BCUT2D eigenvalue weighted by atomic mass is 10.1. The summed E-state index contributed by atoms with van der Waals surface area (Å²) in [5.41, 5.74) is 2.03. The molecule has 0 aliphatic carbocycles. The highest BCUT2D eigenvalue weighted by Crippen LogP contribution is 2.28. The van der Waals surface area contributed by atoms with Crippen molar-refractivity contribution in [2.75, 3.05) is 11.4 Å². The number of halogens is 2. The number of fused-ring (bicyclic) bond motifs is 1. The molecule has 0 N–H and O–H groups in total. The number of amides is 1. The number of nitrogens with zero attached hydrogens (tertiary/aromatic N) is 1. The van der Waals surface area contributed by atoms with Crippen LogP contribution in [0.4, 0.5) is 10.1 Å². The fourth-order valence-electron chi connectivity index (χ4n) is 2.71. The van der Waals surface area contributed by atoms with Gasteiger partial charge in [0.15, 0.2) is 0 Å². The van der Waals surface area contributed by atoms with Crippen LogP contribution in [0.3, 0.4) is 0 Å². The van der Waals surface area contributed by atoms with Crippen molar-refractivity contribution < 1.29 is 9.18 Å². The maximum Gasteiger partial charge on any atom is 0.261 e. The Morgan fingerprint density at radius 3 is 2.81 bits per heavy atom. The van der Waals surface area contributed by atoms with Gasteiger partial charge in [-0.05, 0) is 49.1 Å². The fourth-order valence-corrected chi connectivity index (χ4v) is 2.88. The summed E-state index contributed by atoms with van der Waals surface area (Å²) in [5.74, 6) is -0.865. The van der Waals surface area contributed by atoms with Gasteiger partial charge in [-0.1, -0.05) is 29.8 Å². The Kier molecular flexibility index (Phi) is 3.93. The molecule has 1 heterocycles. The summed E-state index contributed by atoms with van der Waals surface area (Å²) < 4.78 is 13.9. The molecule has 2 nitrogen and oxygen atoms in total. The van der Waals surface area contributed by atoms with E-state index in [0.717, 1.165) is 30.5 Å². The third-order valence-corrected chi connectivity index (χ3v) is 4.00. The number of rotatable bonds is 1. The molecule has 0 bridgehead atoms. The van der Waals surface area contributed by atoms with Crippen LogP contribution in [0.1, 0.15) is 28.8 Å². The minimum atomic E-state index is -0.536. The van der Waals surface area contributed by atoms with E-state index < -0.39 is 5.82 Å². The van der Waals surface area contributed by atoms with Crippen molar-refractivity contribution in [1.82, 2.24) is 0 Å². The molecule has 21 heavy (non-hydrogen) atoms. The van der Waals surface area contributed by atoms with Crippen molar-refractivity contribution in [2.24, 2.45) is 0 Å². The predicted molar refractivity (Wildman–Crippen MR) is 82.5 cm³/mol. The Labute approximate surface area is 128 Å². The summed E-state index contributed by atoms with van der Waals surface area (Å²) in [7, 11) is 0. The second kappa shape index (κ2) is 5.86. The van der Waals surface area contributed by atoms with E-state index in [1.165, 1.54) is 18.2 Å². The van der Waals surface area contributed by atoms with Crippen LogP contribution in [0.5, 0.6) is 0 Å². The van der Waals surface area contributed by atoms with Gasteiger partial charge in [-0.2, -0.15) is 0 Å². The van der Waals surface area contributed by atoms with E-state index in [2.05, 4.69) is 0 Å². The lowest BCUT2D eigenvalue weighted by Gasteiger charge is -2.23. The minimum Gasteiger partial charge on any atom is -0.308 e. The van der Waals surface area contributed by atoms with Crippen LogP contribution < -0.4 is 4.90 Å². The van der Waals surface area contributed by atoms with Crippen LogP contribution in [0.15, 0.2) is 42.5 Å². The average molecular weight is 304 g/mol. The van der Waals surface area contributed by atoms with Crippen molar-refractivity contribution in [3.63, 3.8) is 0 Å². The van der Waals surface area contributed by atoms with E-state index in [9.17, 15) is 9.18 Å². The van der Waals surface area contributed by atoms with E-state index in [-0.39, 0.29) is 11.5 Å². The molecule has 4 heteroatoms. The molecule has 0 unspecified atom stereocenters. The average Bonchev–Trinajstić information content (AvgIpc) is 2.71. The second-order valence-electron chi connectivity index (χ2n) is 5.17. The summed E-state index contributed by atoms with van der Waals surface area (Å²) in [6.07, 6.45) is 2.87. The Morgan fingerprint density at radius 1 is 1.14 bits per heavy atom. The molecular weight excluding hydrogens is 289 g/mol. The fraction of sp³-hybridized carbons (Fsp3) is 0.235. The summed E-state index contributed by atoms with van der Waals surface area (Å²) in [4.78, 5) is 14.4. The third-order valence-electron chi connectivity index (χ3n) is 3.76. The van der Waals surface area contributed by atoms with Gasteiger partial charge in [-0.3, -0.25) is 4.79 Å². The van der Waals surface area contributed by atoms with Crippen LogP contribution in [-0.2, 0) is 6.42 Å². The number of anilines is 1. The van der Waals surface area contributed by atoms with Gasteiger partial charge in [0.1, 0.15) is 5.82 Å². The lowest BCUT2D eigenvalue weighted by molar-refractivity contribution is 0.0983. The highest BCUT2D eigenvalue weighted by atomic mass is 35.5. The number of hydrogen-bond donors (Lipinski definition) is 0. The zero-order valence-corrected chi connectivity index (χ0v) is 12.2. The van der Waals surface area contributed by atoms with Gasteiger partial charge in [-0.15, -0.1) is 0 Å². The monoisotopic (exact) mass is 303 g/mol. The van der Waals surface area contributed by atoms with Crippen LogP contribution in [0.2, 0.25) is 5.02 Å². The van der Waals surface area contributed by atoms with Crippen LogP contribution in [0.25, 0.3) is 0 Å². The molecule has 0 spiro atoms. The standard InChI is InChI=1S/C17H15ClFNO/c18-13-8-9-15(19)14(11-13)17(21)20-10-4-3-6-12-5-1-2-7-16(12)20/h1-2,5,7-9,11H,3-4,6,10H2. The molecular formula is C17H15ClFNO. The first-order chi connectivity index (χ1) is 10.2. The Morgan fingerprint density at radius 2 is 1.95 bits per heavy atom. The molecule has 2 aromatic rings. The van der Waals surface area contributed by atoms with E-state index in [4.69, 9.17) is 11.6 Å². The van der Waals surface area contributed by atoms with Gasteiger partial charge >= 0.3 is 0 Å². The molecule has 108 valence electrons. The first kappa shape index (κ1) is 14.1. The van der Waals surface area contributed by atoms with E-state index >= 15 is 0 Å². The zero-order chi connectivity index (χ0) is 14.8. The summed E-state index contributed by atoms with van der Waals surface area (Å²) in [6, 6.07) is 11.9. The molecule has 1 amide bonds. The van der Waals surface area contributed by atoms with Crippen molar-refractivity contribution >= 4 is 23.2 Å². The number of hydrogen-bond acceptors (Lipinski definition) is 1. The third kappa shape index (κ3) is 2.79. The SMILES string of the molecule is O=C(c1cc(Cl)ccc1F)N1CCCCc2ccccc21. The molecule has 1 aliphatic heterocycles. The molecule has 0 saturated carbocycles. The number of carbonyl (C=O) groups is 1. The van der Waals surface area contributed by atoms with Gasteiger partial charge < -0.3 is 4.90 Å². The summed E-state index contributed by atoms with van der Waals surface area (Å²) in [6.45, 7) is 0.599. The molecule has 1 aliphatic rings. The molecule has 0 aromatic heterocycles. The zero-order valence-electron chi connectivity index (χ0n) is 11.5. The molecule has 0 radical (unpaired) electrons. The van der Waals surface area contributed by atoms with Crippen molar-refractivity contribution in [3.05, 3.63) is 64.4 Å². The van der Waals surface area contributed by atoms with Crippen LogP contribution >= 0.6 is 11.6 Å². The lowest BCUT2D eigenvalue weighted by Crippen LogP contribution is -2.32. The quantitative estimate of drug-likeness (QED) is 0.761. The van der Waals surface area contributed by atoms with Crippen LogP contribution in [0, 0.1) is 5.82 Å².